The highest BCUT2D eigenvalue weighted by molar-refractivity contribution is 5.14. The van der Waals surface area contributed by atoms with Gasteiger partial charge in [0.15, 0.2) is 0 Å². The van der Waals surface area contributed by atoms with Gasteiger partial charge in [0, 0.05) is 13.0 Å². The van der Waals surface area contributed by atoms with E-state index in [4.69, 9.17) is 5.26 Å². The summed E-state index contributed by atoms with van der Waals surface area (Å²) >= 11 is 0. The number of nitrogens with zero attached hydrogens (tertiary/aromatic N) is 2. The SMILES string of the molecule is CCC1(CC#N)CCN(Cc2ccccc2)CC1. The van der Waals surface area contributed by atoms with Crippen LogP contribution in [0.25, 0.3) is 0 Å². The summed E-state index contributed by atoms with van der Waals surface area (Å²) in [6, 6.07) is 13.0. The number of nitriles is 1. The molecular formula is C16H22N2. The highest BCUT2D eigenvalue weighted by Crippen LogP contribution is 2.38. The molecule has 1 aliphatic heterocycles. The van der Waals surface area contributed by atoms with Gasteiger partial charge in [-0.05, 0) is 43.3 Å². The van der Waals surface area contributed by atoms with Gasteiger partial charge in [-0.3, -0.25) is 4.90 Å². The Labute approximate surface area is 110 Å². The topological polar surface area (TPSA) is 27.0 Å². The van der Waals surface area contributed by atoms with Crippen molar-refractivity contribution >= 4 is 0 Å². The predicted octanol–water partition coefficient (Wildman–Crippen LogP) is 3.59. The van der Waals surface area contributed by atoms with Crippen LogP contribution in [-0.2, 0) is 6.54 Å². The molecule has 0 bridgehead atoms. The van der Waals surface area contributed by atoms with E-state index in [2.05, 4.69) is 48.2 Å². The molecule has 2 nitrogen and oxygen atoms in total. The molecule has 18 heavy (non-hydrogen) atoms. The Bertz CT molecular complexity index is 397. The summed E-state index contributed by atoms with van der Waals surface area (Å²) in [5, 5.41) is 8.95. The van der Waals surface area contributed by atoms with Crippen LogP contribution in [0.2, 0.25) is 0 Å². The lowest BCUT2D eigenvalue weighted by Crippen LogP contribution is -2.39. The van der Waals surface area contributed by atoms with Crippen LogP contribution in [0.4, 0.5) is 0 Å². The van der Waals surface area contributed by atoms with Gasteiger partial charge in [-0.25, -0.2) is 0 Å². The Morgan fingerprint density at radius 1 is 1.22 bits per heavy atom. The van der Waals surface area contributed by atoms with Crippen LogP contribution >= 0.6 is 0 Å². The average molecular weight is 242 g/mol. The molecule has 0 saturated carbocycles. The molecule has 1 heterocycles. The van der Waals surface area contributed by atoms with Crippen LogP contribution in [0, 0.1) is 16.7 Å². The third kappa shape index (κ3) is 3.11. The molecule has 0 unspecified atom stereocenters. The number of hydrogen-bond acceptors (Lipinski definition) is 2. The Hall–Kier alpha value is -1.33. The van der Waals surface area contributed by atoms with Gasteiger partial charge < -0.3 is 0 Å². The van der Waals surface area contributed by atoms with Crippen molar-refractivity contribution in [3.63, 3.8) is 0 Å². The van der Waals surface area contributed by atoms with Gasteiger partial charge in [0.25, 0.3) is 0 Å². The van der Waals surface area contributed by atoms with Gasteiger partial charge in [-0.15, -0.1) is 0 Å². The number of likely N-dealkylation sites (tertiary alicyclic amines) is 1. The number of piperidine rings is 1. The maximum atomic E-state index is 8.95. The summed E-state index contributed by atoms with van der Waals surface area (Å²) in [6.07, 6.45) is 4.20. The Morgan fingerprint density at radius 3 is 2.44 bits per heavy atom. The fourth-order valence-electron chi connectivity index (χ4n) is 2.85. The van der Waals surface area contributed by atoms with Gasteiger partial charge in [-0.2, -0.15) is 5.26 Å². The van der Waals surface area contributed by atoms with Crippen molar-refractivity contribution < 1.29 is 0 Å². The van der Waals surface area contributed by atoms with E-state index in [1.807, 2.05) is 0 Å². The lowest BCUT2D eigenvalue weighted by Gasteiger charge is -2.40. The smallest absolute Gasteiger partial charge is 0.0627 e. The molecule has 0 spiro atoms. The second-order valence-electron chi connectivity index (χ2n) is 5.45. The Morgan fingerprint density at radius 2 is 1.89 bits per heavy atom. The maximum Gasteiger partial charge on any atom is 0.0627 e. The van der Waals surface area contributed by atoms with E-state index in [-0.39, 0.29) is 0 Å². The molecule has 1 aromatic rings. The van der Waals surface area contributed by atoms with Crippen molar-refractivity contribution in [1.82, 2.24) is 4.90 Å². The third-order valence-electron chi connectivity index (χ3n) is 4.37. The first kappa shape index (κ1) is 13.1. The maximum absolute atomic E-state index is 8.95. The highest BCUT2D eigenvalue weighted by atomic mass is 15.1. The van der Waals surface area contributed by atoms with E-state index >= 15 is 0 Å². The summed E-state index contributed by atoms with van der Waals surface area (Å²) in [7, 11) is 0. The van der Waals surface area contributed by atoms with Gasteiger partial charge >= 0.3 is 0 Å². The van der Waals surface area contributed by atoms with Crippen molar-refractivity contribution in [2.45, 2.75) is 39.2 Å². The summed E-state index contributed by atoms with van der Waals surface area (Å²) in [5.41, 5.74) is 1.68. The van der Waals surface area contributed by atoms with Crippen LogP contribution in [0.5, 0.6) is 0 Å². The zero-order valence-corrected chi connectivity index (χ0v) is 11.2. The van der Waals surface area contributed by atoms with Crippen molar-refractivity contribution in [1.29, 1.82) is 5.26 Å². The van der Waals surface area contributed by atoms with Gasteiger partial charge in [0.05, 0.1) is 6.07 Å². The second kappa shape index (κ2) is 6.02. The fourth-order valence-corrected chi connectivity index (χ4v) is 2.85. The molecule has 1 saturated heterocycles. The Kier molecular flexibility index (Phi) is 4.38. The molecule has 0 aromatic heterocycles. The number of benzene rings is 1. The largest absolute Gasteiger partial charge is 0.299 e. The normalized spacial score (nSPS) is 19.3. The van der Waals surface area contributed by atoms with Crippen molar-refractivity contribution in [3.8, 4) is 6.07 Å². The molecule has 96 valence electrons. The van der Waals surface area contributed by atoms with Crippen LogP contribution in [0.1, 0.15) is 38.2 Å². The summed E-state index contributed by atoms with van der Waals surface area (Å²) < 4.78 is 0. The average Bonchev–Trinajstić information content (AvgIpc) is 2.43. The summed E-state index contributed by atoms with van der Waals surface area (Å²) in [4.78, 5) is 2.51. The van der Waals surface area contributed by atoms with E-state index in [9.17, 15) is 0 Å². The molecule has 2 heteroatoms. The minimum absolute atomic E-state index is 0.294. The van der Waals surface area contributed by atoms with Crippen molar-refractivity contribution in [3.05, 3.63) is 35.9 Å². The van der Waals surface area contributed by atoms with Crippen LogP contribution in [0.15, 0.2) is 30.3 Å². The van der Waals surface area contributed by atoms with E-state index < -0.39 is 0 Å². The van der Waals surface area contributed by atoms with Gasteiger partial charge in [0.1, 0.15) is 0 Å². The lowest BCUT2D eigenvalue weighted by molar-refractivity contribution is 0.0980. The van der Waals surface area contributed by atoms with Crippen LogP contribution in [0.3, 0.4) is 0 Å². The molecule has 1 aromatic carbocycles. The highest BCUT2D eigenvalue weighted by Gasteiger charge is 2.32. The molecule has 1 aliphatic rings. The van der Waals surface area contributed by atoms with Crippen molar-refractivity contribution in [2.24, 2.45) is 5.41 Å². The Balaban J connectivity index is 1.89. The summed E-state index contributed by atoms with van der Waals surface area (Å²) in [6.45, 7) is 5.53. The third-order valence-corrected chi connectivity index (χ3v) is 4.37. The zero-order valence-electron chi connectivity index (χ0n) is 11.2. The molecule has 2 rings (SSSR count). The lowest BCUT2D eigenvalue weighted by atomic mass is 9.74. The first-order chi connectivity index (χ1) is 8.78. The summed E-state index contributed by atoms with van der Waals surface area (Å²) in [5.74, 6) is 0. The van der Waals surface area contributed by atoms with E-state index in [0.29, 0.717) is 5.41 Å². The minimum atomic E-state index is 0.294. The van der Waals surface area contributed by atoms with Crippen LogP contribution in [-0.4, -0.2) is 18.0 Å². The zero-order chi connectivity index (χ0) is 12.8. The van der Waals surface area contributed by atoms with E-state index in [1.165, 1.54) is 18.4 Å². The fraction of sp³-hybridized carbons (Fsp3) is 0.562. The molecule has 0 aliphatic carbocycles. The van der Waals surface area contributed by atoms with Crippen molar-refractivity contribution in [2.75, 3.05) is 13.1 Å². The molecule has 0 atom stereocenters. The van der Waals surface area contributed by atoms with Crippen LogP contribution < -0.4 is 0 Å². The number of hydrogen-bond donors (Lipinski definition) is 0. The monoisotopic (exact) mass is 242 g/mol. The predicted molar refractivity (Wildman–Crippen MR) is 73.9 cm³/mol. The number of rotatable bonds is 4. The molecular weight excluding hydrogens is 220 g/mol. The molecule has 0 N–H and O–H groups in total. The quantitative estimate of drug-likeness (QED) is 0.806. The van der Waals surface area contributed by atoms with E-state index in [1.54, 1.807) is 0 Å². The van der Waals surface area contributed by atoms with E-state index in [0.717, 1.165) is 32.5 Å². The molecule has 0 amide bonds. The second-order valence-corrected chi connectivity index (χ2v) is 5.45. The standard InChI is InChI=1S/C16H22N2/c1-2-16(8-11-17)9-12-18(13-10-16)14-15-6-4-3-5-7-15/h3-7H,2,8-10,12-14H2,1H3. The molecule has 0 radical (unpaired) electrons. The molecule has 1 fully saturated rings. The van der Waals surface area contributed by atoms with Gasteiger partial charge in [0.2, 0.25) is 0 Å². The van der Waals surface area contributed by atoms with Gasteiger partial charge in [-0.1, -0.05) is 37.3 Å². The minimum Gasteiger partial charge on any atom is -0.299 e. The first-order valence-corrected chi connectivity index (χ1v) is 6.91. The first-order valence-electron chi connectivity index (χ1n) is 6.91.